The zero-order valence-corrected chi connectivity index (χ0v) is 14.8. The number of carboxylic acid groups (broad SMARTS) is 2. The minimum absolute atomic E-state index is 0.261. The summed E-state index contributed by atoms with van der Waals surface area (Å²) in [6.07, 6.45) is 2.91. The van der Waals surface area contributed by atoms with Gasteiger partial charge in [0, 0.05) is 12.3 Å². The lowest BCUT2D eigenvalue weighted by atomic mass is 10.2. The van der Waals surface area contributed by atoms with Gasteiger partial charge in [-0.1, -0.05) is 12.1 Å². The zero-order chi connectivity index (χ0) is 20.3. The van der Waals surface area contributed by atoms with Crippen LogP contribution in [0.3, 0.4) is 0 Å². The third-order valence-corrected chi connectivity index (χ3v) is 3.97. The van der Waals surface area contributed by atoms with Gasteiger partial charge in [-0.3, -0.25) is 9.48 Å². The summed E-state index contributed by atoms with van der Waals surface area (Å²) in [6, 6.07) is 8.29. The molecule has 2 N–H and O–H groups in total. The van der Waals surface area contributed by atoms with Crippen LogP contribution < -0.4 is 4.74 Å². The highest BCUT2D eigenvalue weighted by atomic mass is 16.5. The quantitative estimate of drug-likeness (QED) is 0.556. The predicted molar refractivity (Wildman–Crippen MR) is 94.8 cm³/mol. The summed E-state index contributed by atoms with van der Waals surface area (Å²) in [6.45, 7) is 0.0196. The predicted octanol–water partition coefficient (Wildman–Crippen LogP) is 1.42. The van der Waals surface area contributed by atoms with E-state index in [1.807, 2.05) is 24.3 Å². The van der Waals surface area contributed by atoms with Crippen LogP contribution in [0, 0.1) is 0 Å². The van der Waals surface area contributed by atoms with E-state index in [-0.39, 0.29) is 11.3 Å². The van der Waals surface area contributed by atoms with Crippen molar-refractivity contribution < 1.29 is 29.3 Å². The number of ether oxygens (including phenoxy) is 1. The van der Waals surface area contributed by atoms with E-state index in [4.69, 9.17) is 14.9 Å². The Labute approximate surface area is 158 Å². The number of Topliss-reactive ketones (excluding diaryl/α,β-unsaturated/α-hetero) is 1. The van der Waals surface area contributed by atoms with Gasteiger partial charge in [0.05, 0.1) is 25.4 Å². The lowest BCUT2D eigenvalue weighted by molar-refractivity contribution is 0.0674. The zero-order valence-electron chi connectivity index (χ0n) is 14.8. The van der Waals surface area contributed by atoms with Crippen molar-refractivity contribution in [2.24, 2.45) is 0 Å². The molecule has 0 aliphatic rings. The number of rotatable bonds is 8. The SMILES string of the molecule is COc1ccc(Cn2cc(C(=O)Cn3nc(C(=O)O)cc3C(=O)O)cn2)cc1. The standard InChI is InChI=1S/C18H16N4O6/c1-28-13-4-2-11(3-5-13)8-21-9-12(7-19-21)16(23)10-22-15(18(26)27)6-14(20-22)17(24)25/h2-7,9H,8,10H2,1H3,(H,24,25)(H,26,27). The topological polar surface area (TPSA) is 137 Å². The summed E-state index contributed by atoms with van der Waals surface area (Å²) in [5.74, 6) is -2.46. The second-order valence-electron chi connectivity index (χ2n) is 5.88. The maximum Gasteiger partial charge on any atom is 0.356 e. The van der Waals surface area contributed by atoms with Gasteiger partial charge in [0.1, 0.15) is 18.0 Å². The van der Waals surface area contributed by atoms with Crippen molar-refractivity contribution >= 4 is 17.7 Å². The van der Waals surface area contributed by atoms with E-state index in [1.54, 1.807) is 11.8 Å². The second kappa shape index (κ2) is 7.74. The van der Waals surface area contributed by atoms with Crippen molar-refractivity contribution in [3.63, 3.8) is 0 Å². The number of aromatic carboxylic acids is 2. The van der Waals surface area contributed by atoms with Gasteiger partial charge >= 0.3 is 11.9 Å². The molecule has 2 heterocycles. The minimum atomic E-state index is -1.37. The summed E-state index contributed by atoms with van der Waals surface area (Å²) in [5, 5.41) is 25.9. The Balaban J connectivity index is 1.73. The lowest BCUT2D eigenvalue weighted by Gasteiger charge is -2.04. The molecule has 10 nitrogen and oxygen atoms in total. The number of ketones is 1. The molecular weight excluding hydrogens is 368 g/mol. The number of carboxylic acids is 2. The lowest BCUT2D eigenvalue weighted by Crippen LogP contribution is -2.16. The van der Waals surface area contributed by atoms with Crippen LogP contribution in [0.5, 0.6) is 5.75 Å². The van der Waals surface area contributed by atoms with Gasteiger partial charge in [-0.15, -0.1) is 0 Å². The van der Waals surface area contributed by atoms with Crippen molar-refractivity contribution in [2.75, 3.05) is 7.11 Å². The summed E-state index contributed by atoms with van der Waals surface area (Å²) >= 11 is 0. The summed E-state index contributed by atoms with van der Waals surface area (Å²) in [5.41, 5.74) is 0.392. The Bertz CT molecular complexity index is 1030. The van der Waals surface area contributed by atoms with Crippen molar-refractivity contribution in [1.29, 1.82) is 0 Å². The number of nitrogens with zero attached hydrogens (tertiary/aromatic N) is 4. The van der Waals surface area contributed by atoms with Crippen LogP contribution >= 0.6 is 0 Å². The van der Waals surface area contributed by atoms with Crippen molar-refractivity contribution in [2.45, 2.75) is 13.1 Å². The van der Waals surface area contributed by atoms with E-state index >= 15 is 0 Å². The van der Waals surface area contributed by atoms with Crippen LogP contribution in [0.15, 0.2) is 42.7 Å². The second-order valence-corrected chi connectivity index (χ2v) is 5.88. The summed E-state index contributed by atoms with van der Waals surface area (Å²) in [4.78, 5) is 34.7. The van der Waals surface area contributed by atoms with Crippen LogP contribution in [0.25, 0.3) is 0 Å². The fourth-order valence-corrected chi connectivity index (χ4v) is 2.55. The van der Waals surface area contributed by atoms with Gasteiger partial charge < -0.3 is 14.9 Å². The Morgan fingerprint density at radius 3 is 2.43 bits per heavy atom. The molecule has 28 heavy (non-hydrogen) atoms. The molecule has 1 aromatic carbocycles. The minimum Gasteiger partial charge on any atom is -0.497 e. The molecular formula is C18H16N4O6. The number of hydrogen-bond donors (Lipinski definition) is 2. The highest BCUT2D eigenvalue weighted by Crippen LogP contribution is 2.13. The molecule has 2 aromatic heterocycles. The average molecular weight is 384 g/mol. The first-order chi connectivity index (χ1) is 13.4. The fraction of sp³-hybridized carbons (Fsp3) is 0.167. The number of carbonyl (C=O) groups excluding carboxylic acids is 1. The van der Waals surface area contributed by atoms with Gasteiger partial charge in [0.2, 0.25) is 0 Å². The number of aromatic nitrogens is 4. The largest absolute Gasteiger partial charge is 0.497 e. The number of carbonyl (C=O) groups is 3. The number of methoxy groups -OCH3 is 1. The molecule has 0 radical (unpaired) electrons. The van der Waals surface area contributed by atoms with E-state index < -0.39 is 30.0 Å². The van der Waals surface area contributed by atoms with Crippen molar-refractivity contribution in [1.82, 2.24) is 19.6 Å². The van der Waals surface area contributed by atoms with Gasteiger partial charge in [-0.05, 0) is 17.7 Å². The molecule has 0 atom stereocenters. The smallest absolute Gasteiger partial charge is 0.356 e. The van der Waals surface area contributed by atoms with E-state index in [1.165, 1.54) is 12.4 Å². The molecule has 0 unspecified atom stereocenters. The van der Waals surface area contributed by atoms with Crippen LogP contribution in [0.1, 0.15) is 36.9 Å². The molecule has 0 amide bonds. The maximum absolute atomic E-state index is 12.4. The Kier molecular flexibility index (Phi) is 5.21. The molecule has 10 heteroatoms. The highest BCUT2D eigenvalue weighted by molar-refractivity contribution is 5.97. The summed E-state index contributed by atoms with van der Waals surface area (Å²) in [7, 11) is 1.58. The first kappa shape index (κ1) is 18.8. The van der Waals surface area contributed by atoms with Crippen molar-refractivity contribution in [3.8, 4) is 5.75 Å². The first-order valence-electron chi connectivity index (χ1n) is 8.10. The van der Waals surface area contributed by atoms with E-state index in [9.17, 15) is 14.4 Å². The third-order valence-electron chi connectivity index (χ3n) is 3.97. The van der Waals surface area contributed by atoms with Gasteiger partial charge in [-0.2, -0.15) is 10.2 Å². The van der Waals surface area contributed by atoms with Gasteiger partial charge in [0.25, 0.3) is 0 Å². The molecule has 144 valence electrons. The number of benzene rings is 1. The van der Waals surface area contributed by atoms with Crippen molar-refractivity contribution in [3.05, 3.63) is 65.2 Å². The fourth-order valence-electron chi connectivity index (χ4n) is 2.55. The molecule has 0 spiro atoms. The number of hydrogen-bond acceptors (Lipinski definition) is 6. The Morgan fingerprint density at radius 2 is 1.82 bits per heavy atom. The van der Waals surface area contributed by atoms with Crippen LogP contribution in [-0.2, 0) is 13.1 Å². The normalized spacial score (nSPS) is 10.6. The molecule has 0 bridgehead atoms. The molecule has 3 aromatic rings. The van der Waals surface area contributed by atoms with Gasteiger partial charge in [0.15, 0.2) is 11.5 Å². The van der Waals surface area contributed by atoms with Gasteiger partial charge in [-0.25, -0.2) is 14.3 Å². The first-order valence-corrected chi connectivity index (χ1v) is 8.10. The molecule has 0 saturated heterocycles. The Hall–Kier alpha value is -3.95. The molecule has 0 saturated carbocycles. The molecule has 3 rings (SSSR count). The van der Waals surface area contributed by atoms with E-state index in [2.05, 4.69) is 10.2 Å². The third kappa shape index (κ3) is 4.06. The average Bonchev–Trinajstić information content (AvgIpc) is 3.29. The monoisotopic (exact) mass is 384 g/mol. The summed E-state index contributed by atoms with van der Waals surface area (Å²) < 4.78 is 7.53. The maximum atomic E-state index is 12.4. The van der Waals surface area contributed by atoms with Crippen LogP contribution in [0.2, 0.25) is 0 Å². The molecule has 0 aliphatic carbocycles. The van der Waals surface area contributed by atoms with Crippen LogP contribution in [-0.4, -0.2) is 54.6 Å². The highest BCUT2D eigenvalue weighted by Gasteiger charge is 2.20. The van der Waals surface area contributed by atoms with Crippen LogP contribution in [0.4, 0.5) is 0 Å². The Morgan fingerprint density at radius 1 is 1.11 bits per heavy atom. The molecule has 0 aliphatic heterocycles. The van der Waals surface area contributed by atoms with E-state index in [0.29, 0.717) is 6.54 Å². The van der Waals surface area contributed by atoms with E-state index in [0.717, 1.165) is 22.1 Å². The molecule has 0 fully saturated rings.